The van der Waals surface area contributed by atoms with E-state index in [0.29, 0.717) is 11.5 Å². The van der Waals surface area contributed by atoms with Crippen LogP contribution in [0.2, 0.25) is 0 Å². The third-order valence-electron chi connectivity index (χ3n) is 8.43. The van der Waals surface area contributed by atoms with Crippen LogP contribution in [0.25, 0.3) is 83.3 Å². The van der Waals surface area contributed by atoms with E-state index in [1.54, 1.807) is 0 Å². The Hall–Kier alpha value is -6.00. The summed E-state index contributed by atoms with van der Waals surface area (Å²) in [4.78, 5) is 10.00. The maximum absolute atomic E-state index is 6.39. The van der Waals surface area contributed by atoms with Gasteiger partial charge in [0, 0.05) is 33.0 Å². The van der Waals surface area contributed by atoms with Crippen LogP contribution in [0.1, 0.15) is 0 Å². The molecule has 44 heavy (non-hydrogen) atoms. The molecule has 3 aromatic heterocycles. The largest absolute Gasteiger partial charge is 0.438 e. The van der Waals surface area contributed by atoms with Gasteiger partial charge in [-0.3, -0.25) is 0 Å². The Morgan fingerprint density at radius 1 is 0.455 bits per heavy atom. The molecule has 0 aliphatic carbocycles. The maximum Gasteiger partial charge on any atom is 0.231 e. The summed E-state index contributed by atoms with van der Waals surface area (Å²) in [5.41, 5.74) is 10.0. The minimum atomic E-state index is 0.589. The van der Waals surface area contributed by atoms with E-state index >= 15 is 0 Å². The number of furan rings is 1. The van der Waals surface area contributed by atoms with Crippen LogP contribution in [0.3, 0.4) is 0 Å². The molecule has 0 saturated carbocycles. The van der Waals surface area contributed by atoms with Crippen molar-refractivity contribution in [3.63, 3.8) is 0 Å². The smallest absolute Gasteiger partial charge is 0.231 e. The van der Waals surface area contributed by atoms with Crippen molar-refractivity contribution in [1.29, 1.82) is 0 Å². The van der Waals surface area contributed by atoms with Gasteiger partial charge in [0.15, 0.2) is 5.82 Å². The zero-order valence-electron chi connectivity index (χ0n) is 23.7. The van der Waals surface area contributed by atoms with Gasteiger partial charge in [-0.15, -0.1) is 0 Å². The SMILES string of the molecule is c1ccc(-c2nc(-c3ccccc3)c3c(n2)oc2ccc(-c4ccc5c(c4)c4ccccc4n5-c4ccccc4)cc23)cc1. The van der Waals surface area contributed by atoms with Gasteiger partial charge < -0.3 is 8.98 Å². The Morgan fingerprint density at radius 3 is 1.84 bits per heavy atom. The summed E-state index contributed by atoms with van der Waals surface area (Å²) >= 11 is 0. The van der Waals surface area contributed by atoms with Gasteiger partial charge in [0.1, 0.15) is 5.58 Å². The van der Waals surface area contributed by atoms with E-state index in [2.05, 4.69) is 108 Å². The number of fused-ring (bicyclic) bond motifs is 6. The van der Waals surface area contributed by atoms with Gasteiger partial charge in [-0.1, -0.05) is 109 Å². The maximum atomic E-state index is 6.39. The summed E-state index contributed by atoms with van der Waals surface area (Å²) in [6.07, 6.45) is 0. The van der Waals surface area contributed by atoms with Crippen LogP contribution in [-0.2, 0) is 0 Å². The number of aromatic nitrogens is 3. The van der Waals surface area contributed by atoms with Gasteiger partial charge in [0.05, 0.1) is 22.1 Å². The molecule has 4 nitrogen and oxygen atoms in total. The zero-order chi connectivity index (χ0) is 29.0. The van der Waals surface area contributed by atoms with Crippen molar-refractivity contribution in [3.05, 3.63) is 152 Å². The summed E-state index contributed by atoms with van der Waals surface area (Å²) in [7, 11) is 0. The molecule has 3 heterocycles. The van der Waals surface area contributed by atoms with Crippen molar-refractivity contribution in [2.75, 3.05) is 0 Å². The number of benzene rings is 6. The molecule has 0 unspecified atom stereocenters. The summed E-state index contributed by atoms with van der Waals surface area (Å²) in [6.45, 7) is 0. The van der Waals surface area contributed by atoms with Crippen molar-refractivity contribution < 1.29 is 4.42 Å². The Balaban J connectivity index is 1.26. The van der Waals surface area contributed by atoms with Crippen molar-refractivity contribution in [2.24, 2.45) is 0 Å². The molecule has 0 aliphatic heterocycles. The quantitative estimate of drug-likeness (QED) is 0.214. The third kappa shape index (κ3) is 3.85. The average Bonchev–Trinajstić information content (AvgIpc) is 3.64. The second-order valence-electron chi connectivity index (χ2n) is 11.0. The van der Waals surface area contributed by atoms with Gasteiger partial charge in [-0.2, -0.15) is 4.98 Å². The van der Waals surface area contributed by atoms with Crippen LogP contribution < -0.4 is 0 Å². The highest BCUT2D eigenvalue weighted by Crippen LogP contribution is 2.39. The summed E-state index contributed by atoms with van der Waals surface area (Å²) < 4.78 is 8.74. The molecule has 0 amide bonds. The lowest BCUT2D eigenvalue weighted by molar-refractivity contribution is 0.653. The van der Waals surface area contributed by atoms with E-state index in [0.717, 1.165) is 50.0 Å². The standard InChI is InChI=1S/C40H25N3O/c1-4-12-26(13-5-1)38-37-33-25-29(21-23-36(33)44-40(37)42-39(41-38)27-14-6-2-7-15-27)28-20-22-35-32(24-28)31-18-10-11-19-34(31)43(35)30-16-8-3-9-17-30/h1-25H. The van der Waals surface area contributed by atoms with Gasteiger partial charge in [0.2, 0.25) is 5.71 Å². The molecule has 9 rings (SSSR count). The van der Waals surface area contributed by atoms with Crippen LogP contribution >= 0.6 is 0 Å². The minimum Gasteiger partial charge on any atom is -0.438 e. The molecule has 0 N–H and O–H groups in total. The minimum absolute atomic E-state index is 0.589. The Bertz CT molecular complexity index is 2480. The normalized spacial score (nSPS) is 11.6. The predicted molar refractivity (Wildman–Crippen MR) is 180 cm³/mol. The highest BCUT2D eigenvalue weighted by Gasteiger charge is 2.19. The first-order valence-electron chi connectivity index (χ1n) is 14.8. The van der Waals surface area contributed by atoms with Crippen molar-refractivity contribution >= 4 is 43.9 Å². The summed E-state index contributed by atoms with van der Waals surface area (Å²) in [5.74, 6) is 0.650. The first-order valence-corrected chi connectivity index (χ1v) is 14.8. The number of rotatable bonds is 4. The van der Waals surface area contributed by atoms with E-state index in [-0.39, 0.29) is 0 Å². The summed E-state index contributed by atoms with van der Waals surface area (Å²) in [5, 5.41) is 4.38. The molecular weight excluding hydrogens is 538 g/mol. The van der Waals surface area contributed by atoms with Crippen LogP contribution in [0.5, 0.6) is 0 Å². The lowest BCUT2D eigenvalue weighted by Gasteiger charge is -2.08. The molecule has 0 spiro atoms. The Morgan fingerprint density at radius 2 is 1.07 bits per heavy atom. The molecule has 206 valence electrons. The molecule has 0 radical (unpaired) electrons. The van der Waals surface area contributed by atoms with Crippen LogP contribution in [0, 0.1) is 0 Å². The molecule has 0 fully saturated rings. The number of nitrogens with zero attached hydrogens (tertiary/aromatic N) is 3. The fraction of sp³-hybridized carbons (Fsp3) is 0. The van der Waals surface area contributed by atoms with E-state index in [1.165, 1.54) is 21.8 Å². The predicted octanol–water partition coefficient (Wildman–Crippen LogP) is 10.5. The van der Waals surface area contributed by atoms with Gasteiger partial charge in [-0.05, 0) is 53.6 Å². The van der Waals surface area contributed by atoms with Gasteiger partial charge >= 0.3 is 0 Å². The van der Waals surface area contributed by atoms with Crippen molar-refractivity contribution in [2.45, 2.75) is 0 Å². The Labute approximate surface area is 253 Å². The number of para-hydroxylation sites is 2. The Kier molecular flexibility index (Phi) is 5.47. The monoisotopic (exact) mass is 563 g/mol. The second kappa shape index (κ2) is 9.79. The lowest BCUT2D eigenvalue weighted by Crippen LogP contribution is -1.93. The van der Waals surface area contributed by atoms with E-state index in [9.17, 15) is 0 Å². The fourth-order valence-electron chi connectivity index (χ4n) is 6.38. The van der Waals surface area contributed by atoms with Gasteiger partial charge in [0.25, 0.3) is 0 Å². The van der Waals surface area contributed by atoms with E-state index in [1.807, 2.05) is 48.5 Å². The first-order chi connectivity index (χ1) is 21.8. The highest BCUT2D eigenvalue weighted by atomic mass is 16.3. The summed E-state index contributed by atoms with van der Waals surface area (Å²) in [6, 6.07) is 52.7. The van der Waals surface area contributed by atoms with Crippen molar-refractivity contribution in [1.82, 2.24) is 14.5 Å². The lowest BCUT2D eigenvalue weighted by atomic mass is 9.99. The molecule has 6 aromatic carbocycles. The van der Waals surface area contributed by atoms with Crippen LogP contribution in [0.15, 0.2) is 156 Å². The van der Waals surface area contributed by atoms with E-state index < -0.39 is 0 Å². The molecular formula is C40H25N3O. The first kappa shape index (κ1) is 24.6. The number of hydrogen-bond donors (Lipinski definition) is 0. The highest BCUT2D eigenvalue weighted by molar-refractivity contribution is 6.13. The van der Waals surface area contributed by atoms with Gasteiger partial charge in [-0.25, -0.2) is 4.98 Å². The topological polar surface area (TPSA) is 43.9 Å². The third-order valence-corrected chi connectivity index (χ3v) is 8.43. The zero-order valence-corrected chi connectivity index (χ0v) is 23.7. The fourth-order valence-corrected chi connectivity index (χ4v) is 6.38. The molecule has 4 heteroatoms. The molecule has 0 aliphatic rings. The van der Waals surface area contributed by atoms with Crippen molar-refractivity contribution in [3.8, 4) is 39.5 Å². The molecule has 0 bridgehead atoms. The van der Waals surface area contributed by atoms with E-state index in [4.69, 9.17) is 14.4 Å². The van der Waals surface area contributed by atoms with Crippen LogP contribution in [-0.4, -0.2) is 14.5 Å². The molecule has 9 aromatic rings. The number of hydrogen-bond acceptors (Lipinski definition) is 3. The van der Waals surface area contributed by atoms with Crippen LogP contribution in [0.4, 0.5) is 0 Å². The molecule has 0 atom stereocenters. The average molecular weight is 564 g/mol. The molecule has 0 saturated heterocycles. The second-order valence-corrected chi connectivity index (χ2v) is 11.0.